The van der Waals surface area contributed by atoms with Gasteiger partial charge in [-0.15, -0.1) is 0 Å². The lowest BCUT2D eigenvalue weighted by molar-refractivity contribution is 0.0687. The molecule has 0 atom stereocenters. The highest BCUT2D eigenvalue weighted by Crippen LogP contribution is 2.56. The number of rotatable bonds is 0. The molecule has 10 bridgehead atoms. The van der Waals surface area contributed by atoms with Crippen molar-refractivity contribution in [3.63, 3.8) is 0 Å². The standard InChI is InChI=1S/C54H66O8S4/c1-51(2,3)33-25-39-47(55)40(26-33)64-44-30-36(54(10,11)12)32-46-50(44)62-24-20-58-18-22-60-38-16-14-13-15-37(38)59-21-17-57-19-23-61-49-43(63-39)29-35(53(7,8)9)31-45(49)65-41-27-34(52(4,5)6)28-42(66-46)48(41)56/h13-16,25-32,55-56H,17-24H2,1-12H3. The first kappa shape index (κ1) is 50.1. The highest BCUT2D eigenvalue weighted by atomic mass is 32.2. The summed E-state index contributed by atoms with van der Waals surface area (Å²) in [5, 5.41) is 25.1. The van der Waals surface area contributed by atoms with E-state index in [0.29, 0.717) is 82.2 Å². The number of phenols is 2. The zero-order valence-corrected chi connectivity index (χ0v) is 43.8. The monoisotopic (exact) mass is 970 g/mol. The van der Waals surface area contributed by atoms with Gasteiger partial charge < -0.3 is 38.6 Å². The number of ether oxygens (including phenoxy) is 6. The third-order valence-corrected chi connectivity index (χ3v) is 15.5. The van der Waals surface area contributed by atoms with E-state index >= 15 is 0 Å². The Hall–Kier alpha value is -3.78. The molecule has 0 spiro atoms. The van der Waals surface area contributed by atoms with Gasteiger partial charge in [-0.05, 0) is 105 Å². The number of phenolic OH excluding ortho intramolecular Hbond substituents is 2. The van der Waals surface area contributed by atoms with Crippen molar-refractivity contribution in [2.24, 2.45) is 0 Å². The topological polar surface area (TPSA) is 95.8 Å². The fourth-order valence-electron chi connectivity index (χ4n) is 7.14. The average Bonchev–Trinajstić information content (AvgIpc) is 3.22. The Morgan fingerprint density at radius 2 is 0.591 bits per heavy atom. The van der Waals surface area contributed by atoms with Crippen LogP contribution in [0.2, 0.25) is 0 Å². The molecular weight excluding hydrogens is 905 g/mol. The predicted molar refractivity (Wildman–Crippen MR) is 270 cm³/mol. The van der Waals surface area contributed by atoms with Gasteiger partial charge in [-0.3, -0.25) is 0 Å². The van der Waals surface area contributed by atoms with Gasteiger partial charge in [0.05, 0.1) is 65.6 Å². The second kappa shape index (κ2) is 20.4. The molecular formula is C54H66O8S4. The molecule has 0 amide bonds. The molecule has 3 aliphatic heterocycles. The van der Waals surface area contributed by atoms with E-state index in [1.54, 1.807) is 0 Å². The third kappa shape index (κ3) is 12.3. The molecule has 5 aromatic carbocycles. The van der Waals surface area contributed by atoms with Crippen LogP contribution in [0.25, 0.3) is 0 Å². The normalized spacial score (nSPS) is 15.9. The summed E-state index contributed by atoms with van der Waals surface area (Å²) in [4.78, 5) is 6.24. The second-order valence-electron chi connectivity index (χ2n) is 20.7. The van der Waals surface area contributed by atoms with Crippen molar-refractivity contribution in [2.45, 2.75) is 144 Å². The van der Waals surface area contributed by atoms with Gasteiger partial charge in [-0.25, -0.2) is 0 Å². The molecule has 8 rings (SSSR count). The van der Waals surface area contributed by atoms with Crippen molar-refractivity contribution < 1.29 is 38.6 Å². The lowest BCUT2D eigenvalue weighted by Gasteiger charge is -2.27. The lowest BCUT2D eigenvalue weighted by atomic mass is 9.87. The molecule has 3 aliphatic rings. The van der Waals surface area contributed by atoms with Crippen LogP contribution in [0.3, 0.4) is 0 Å². The second-order valence-corrected chi connectivity index (χ2v) is 25.1. The molecule has 66 heavy (non-hydrogen) atoms. The largest absolute Gasteiger partial charge is 0.506 e. The van der Waals surface area contributed by atoms with Gasteiger partial charge in [0.1, 0.15) is 49.4 Å². The summed E-state index contributed by atoms with van der Waals surface area (Å²) in [7, 11) is 0. The SMILES string of the molecule is CC(C)(C)c1cc2c(O)c(c1)Sc1cc(C(C)(C)C)cc3c1OCCOCCOc1ccccc1OCCOCCOc1c(cc(C(C)(C)C)cc1Sc1cc(C(C)(C)C)cc(c1O)S3)S2. The van der Waals surface area contributed by atoms with E-state index in [4.69, 9.17) is 28.4 Å². The van der Waals surface area contributed by atoms with E-state index in [9.17, 15) is 10.2 Å². The smallest absolute Gasteiger partial charge is 0.161 e. The Morgan fingerprint density at radius 3 is 0.848 bits per heavy atom. The molecule has 5 aromatic rings. The zero-order chi connectivity index (χ0) is 47.6. The summed E-state index contributed by atoms with van der Waals surface area (Å²) < 4.78 is 38.0. The van der Waals surface area contributed by atoms with Crippen LogP contribution in [-0.2, 0) is 31.1 Å². The minimum absolute atomic E-state index is 0.184. The van der Waals surface area contributed by atoms with Crippen LogP contribution in [0.4, 0.5) is 0 Å². The molecule has 0 saturated heterocycles. The first-order valence-corrected chi connectivity index (χ1v) is 25.9. The van der Waals surface area contributed by atoms with Crippen LogP contribution in [0.5, 0.6) is 34.5 Å². The number of fused-ring (bicyclic) bond motifs is 12. The first-order valence-electron chi connectivity index (χ1n) is 22.7. The Bertz CT molecular complexity index is 2260. The average molecular weight is 971 g/mol. The van der Waals surface area contributed by atoms with E-state index in [2.05, 4.69) is 132 Å². The van der Waals surface area contributed by atoms with Crippen molar-refractivity contribution in [1.29, 1.82) is 0 Å². The summed E-state index contributed by atoms with van der Waals surface area (Å²) in [6, 6.07) is 24.8. The molecule has 0 aromatic heterocycles. The van der Waals surface area contributed by atoms with Gasteiger partial charge in [0.15, 0.2) is 11.5 Å². The van der Waals surface area contributed by atoms with Gasteiger partial charge in [-0.1, -0.05) is 142 Å². The van der Waals surface area contributed by atoms with Crippen LogP contribution >= 0.6 is 47.0 Å². The van der Waals surface area contributed by atoms with E-state index in [0.717, 1.165) is 41.8 Å². The van der Waals surface area contributed by atoms with Crippen LogP contribution < -0.4 is 18.9 Å². The molecule has 0 fully saturated rings. The van der Waals surface area contributed by atoms with Gasteiger partial charge in [-0.2, -0.15) is 0 Å². The highest BCUT2D eigenvalue weighted by molar-refractivity contribution is 8.01. The van der Waals surface area contributed by atoms with Crippen LogP contribution in [-0.4, -0.2) is 63.1 Å². The van der Waals surface area contributed by atoms with Crippen LogP contribution in [0.1, 0.15) is 105 Å². The molecule has 8 nitrogen and oxygen atoms in total. The number of aromatic hydroxyl groups is 2. The van der Waals surface area contributed by atoms with Crippen molar-refractivity contribution in [3.8, 4) is 34.5 Å². The molecule has 0 aliphatic carbocycles. The summed E-state index contributed by atoms with van der Waals surface area (Å²) in [5.74, 6) is 2.95. The van der Waals surface area contributed by atoms with Crippen LogP contribution in [0.15, 0.2) is 112 Å². The van der Waals surface area contributed by atoms with E-state index in [-0.39, 0.29) is 46.4 Å². The molecule has 0 saturated carbocycles. The number of para-hydroxylation sites is 2. The fraction of sp³-hybridized carbons (Fsp3) is 0.444. The molecule has 12 heteroatoms. The zero-order valence-electron chi connectivity index (χ0n) is 40.6. The van der Waals surface area contributed by atoms with Crippen molar-refractivity contribution in [3.05, 3.63) is 95.1 Å². The van der Waals surface area contributed by atoms with Crippen LogP contribution in [0, 0.1) is 0 Å². The molecule has 0 radical (unpaired) electrons. The quantitative estimate of drug-likeness (QED) is 0.142. The van der Waals surface area contributed by atoms with E-state index in [1.165, 1.54) is 47.0 Å². The summed E-state index contributed by atoms with van der Waals surface area (Å²) >= 11 is 5.98. The lowest BCUT2D eigenvalue weighted by Crippen LogP contribution is -2.15. The van der Waals surface area contributed by atoms with Crippen molar-refractivity contribution in [1.82, 2.24) is 0 Å². The third-order valence-electron chi connectivity index (χ3n) is 11.2. The molecule has 354 valence electrons. The highest BCUT2D eigenvalue weighted by Gasteiger charge is 2.30. The van der Waals surface area contributed by atoms with Gasteiger partial charge >= 0.3 is 0 Å². The minimum Gasteiger partial charge on any atom is -0.506 e. The summed E-state index contributed by atoms with van der Waals surface area (Å²) in [6.07, 6.45) is 0. The maximum Gasteiger partial charge on any atom is 0.161 e. The summed E-state index contributed by atoms with van der Waals surface area (Å²) in [6.45, 7) is 28.9. The predicted octanol–water partition coefficient (Wildman–Crippen LogP) is 14.5. The Kier molecular flexibility index (Phi) is 15.5. The van der Waals surface area contributed by atoms with Crippen molar-refractivity contribution >= 4 is 47.0 Å². The Labute approximate surface area is 409 Å². The molecule has 2 N–H and O–H groups in total. The van der Waals surface area contributed by atoms with Gasteiger partial charge in [0, 0.05) is 0 Å². The maximum absolute atomic E-state index is 12.5. The van der Waals surface area contributed by atoms with Gasteiger partial charge in [0.25, 0.3) is 0 Å². The molecule has 0 unspecified atom stereocenters. The van der Waals surface area contributed by atoms with Crippen molar-refractivity contribution in [2.75, 3.05) is 52.9 Å². The number of benzene rings is 5. The molecule has 3 heterocycles. The number of hydrogen-bond donors (Lipinski definition) is 2. The maximum atomic E-state index is 12.5. The minimum atomic E-state index is -0.240. The number of hydrogen-bond acceptors (Lipinski definition) is 12. The van der Waals surface area contributed by atoms with Gasteiger partial charge in [0.2, 0.25) is 0 Å². The fourth-order valence-corrected chi connectivity index (χ4v) is 11.7. The first-order chi connectivity index (χ1) is 31.1. The van der Waals surface area contributed by atoms with E-state index < -0.39 is 0 Å². The Morgan fingerprint density at radius 1 is 0.348 bits per heavy atom. The van der Waals surface area contributed by atoms with E-state index in [1.807, 2.05) is 24.3 Å². The Balaban J connectivity index is 1.48. The summed E-state index contributed by atoms with van der Waals surface area (Å²) in [5.41, 5.74) is 3.41.